The third-order valence-corrected chi connectivity index (χ3v) is 4.63. The van der Waals surface area contributed by atoms with Gasteiger partial charge in [0.2, 0.25) is 5.89 Å². The van der Waals surface area contributed by atoms with Gasteiger partial charge >= 0.3 is 0 Å². The van der Waals surface area contributed by atoms with Crippen LogP contribution in [0.4, 0.5) is 5.69 Å². The van der Waals surface area contributed by atoms with Crippen molar-refractivity contribution in [2.45, 2.75) is 6.92 Å². The molecule has 134 valence electrons. The number of anilines is 1. The summed E-state index contributed by atoms with van der Waals surface area (Å²) in [5.74, 6) is 0.0191. The molecule has 0 spiro atoms. The van der Waals surface area contributed by atoms with Crippen LogP contribution in [0, 0.1) is 6.92 Å². The molecule has 1 N–H and O–H groups in total. The largest absolute Gasteiger partial charge is 0.434 e. The van der Waals surface area contributed by atoms with Crippen molar-refractivity contribution in [1.29, 1.82) is 0 Å². The molecule has 5 nitrogen and oxygen atoms in total. The summed E-state index contributed by atoms with van der Waals surface area (Å²) in [4.78, 5) is 21.0. The van der Waals surface area contributed by atoms with E-state index in [1.807, 2.05) is 13.0 Å². The molecule has 7 heteroatoms. The molecule has 0 aliphatic carbocycles. The number of rotatable bonds is 3. The Hall–Kier alpha value is -2.89. The highest BCUT2D eigenvalue weighted by atomic mass is 35.5. The van der Waals surface area contributed by atoms with Gasteiger partial charge in [-0.05, 0) is 55.0 Å². The number of pyridine rings is 1. The van der Waals surface area contributed by atoms with Gasteiger partial charge in [0.05, 0.1) is 21.2 Å². The van der Waals surface area contributed by atoms with E-state index in [2.05, 4.69) is 15.3 Å². The molecular weight excluding hydrogens is 385 g/mol. The van der Waals surface area contributed by atoms with Crippen LogP contribution in [0.1, 0.15) is 15.9 Å². The molecule has 0 radical (unpaired) electrons. The van der Waals surface area contributed by atoms with Gasteiger partial charge in [0.15, 0.2) is 11.2 Å². The minimum atomic E-state index is -0.312. The van der Waals surface area contributed by atoms with E-state index in [0.29, 0.717) is 44.0 Å². The van der Waals surface area contributed by atoms with E-state index >= 15 is 0 Å². The van der Waals surface area contributed by atoms with Crippen LogP contribution >= 0.6 is 23.2 Å². The van der Waals surface area contributed by atoms with Gasteiger partial charge in [-0.2, -0.15) is 4.98 Å². The van der Waals surface area contributed by atoms with Crippen molar-refractivity contribution in [3.8, 4) is 11.5 Å². The fourth-order valence-electron chi connectivity index (χ4n) is 2.65. The normalized spacial score (nSPS) is 10.9. The van der Waals surface area contributed by atoms with E-state index < -0.39 is 0 Å². The molecule has 0 fully saturated rings. The van der Waals surface area contributed by atoms with Crippen molar-refractivity contribution in [2.24, 2.45) is 0 Å². The van der Waals surface area contributed by atoms with Crippen LogP contribution < -0.4 is 5.32 Å². The number of nitrogens with zero attached hydrogens (tertiary/aromatic N) is 2. The SMILES string of the molecule is Cc1ccc(C(=O)Nc2ccc(Cl)c(-c3nc4ncccc4o3)c2)c(Cl)c1. The minimum Gasteiger partial charge on any atom is -0.434 e. The lowest BCUT2D eigenvalue weighted by molar-refractivity contribution is 0.102. The summed E-state index contributed by atoms with van der Waals surface area (Å²) in [6, 6.07) is 13.9. The summed E-state index contributed by atoms with van der Waals surface area (Å²) in [5, 5.41) is 3.67. The fraction of sp³-hybridized carbons (Fsp3) is 0.0500. The summed E-state index contributed by atoms with van der Waals surface area (Å²) in [7, 11) is 0. The van der Waals surface area contributed by atoms with Gasteiger partial charge in [-0.3, -0.25) is 4.79 Å². The maximum Gasteiger partial charge on any atom is 0.257 e. The van der Waals surface area contributed by atoms with Gasteiger partial charge in [-0.1, -0.05) is 29.3 Å². The lowest BCUT2D eigenvalue weighted by Gasteiger charge is -2.09. The van der Waals surface area contributed by atoms with Crippen molar-refractivity contribution >= 4 is 46.0 Å². The molecule has 2 heterocycles. The molecule has 2 aromatic carbocycles. The average molecular weight is 398 g/mol. The van der Waals surface area contributed by atoms with Crippen molar-refractivity contribution in [2.75, 3.05) is 5.32 Å². The lowest BCUT2D eigenvalue weighted by Crippen LogP contribution is -2.12. The number of hydrogen-bond donors (Lipinski definition) is 1. The van der Waals surface area contributed by atoms with Gasteiger partial charge in [-0.15, -0.1) is 0 Å². The smallest absolute Gasteiger partial charge is 0.257 e. The third kappa shape index (κ3) is 3.52. The number of amides is 1. The standard InChI is InChI=1S/C20H13Cl2N3O2/c1-11-4-6-13(16(22)9-11)19(26)24-12-5-7-15(21)14(10-12)20-25-18-17(27-20)3-2-8-23-18/h2-10H,1H3,(H,24,26). The van der Waals surface area contributed by atoms with E-state index in [0.717, 1.165) is 5.56 Å². The molecule has 27 heavy (non-hydrogen) atoms. The van der Waals surface area contributed by atoms with Crippen molar-refractivity contribution in [3.05, 3.63) is 75.9 Å². The van der Waals surface area contributed by atoms with Crippen LogP contribution in [-0.2, 0) is 0 Å². The van der Waals surface area contributed by atoms with Gasteiger partial charge in [0.1, 0.15) is 0 Å². The Balaban J connectivity index is 1.67. The quantitative estimate of drug-likeness (QED) is 0.477. The summed E-state index contributed by atoms with van der Waals surface area (Å²) >= 11 is 12.5. The van der Waals surface area contributed by atoms with Crippen molar-refractivity contribution < 1.29 is 9.21 Å². The number of oxazole rings is 1. The molecule has 0 atom stereocenters. The molecule has 2 aromatic heterocycles. The third-order valence-electron chi connectivity index (χ3n) is 3.99. The van der Waals surface area contributed by atoms with E-state index in [1.165, 1.54) is 0 Å². The summed E-state index contributed by atoms with van der Waals surface area (Å²) in [6.07, 6.45) is 1.64. The van der Waals surface area contributed by atoms with Gasteiger partial charge in [-0.25, -0.2) is 4.98 Å². The van der Waals surface area contributed by atoms with Crippen molar-refractivity contribution in [1.82, 2.24) is 9.97 Å². The molecule has 0 unspecified atom stereocenters. The van der Waals surface area contributed by atoms with Crippen LogP contribution in [-0.4, -0.2) is 15.9 Å². The monoisotopic (exact) mass is 397 g/mol. The minimum absolute atomic E-state index is 0.312. The molecular formula is C20H13Cl2N3O2. The maximum absolute atomic E-state index is 12.5. The fourth-order valence-corrected chi connectivity index (χ4v) is 3.17. The second kappa shape index (κ2) is 7.02. The highest BCUT2D eigenvalue weighted by Gasteiger charge is 2.15. The average Bonchev–Trinajstić information content (AvgIpc) is 3.07. The first-order chi connectivity index (χ1) is 13.0. The predicted octanol–water partition coefficient (Wildman–Crippen LogP) is 5.76. The van der Waals surface area contributed by atoms with Gasteiger partial charge in [0, 0.05) is 11.9 Å². The molecule has 0 saturated carbocycles. The number of aromatic nitrogens is 2. The van der Waals surface area contributed by atoms with Crippen LogP contribution in [0.25, 0.3) is 22.7 Å². The summed E-state index contributed by atoms with van der Waals surface area (Å²) in [6.45, 7) is 1.91. The van der Waals surface area contributed by atoms with E-state index in [9.17, 15) is 4.79 Å². The number of nitrogens with one attached hydrogen (secondary N) is 1. The first-order valence-corrected chi connectivity index (χ1v) is 8.86. The molecule has 0 bridgehead atoms. The van der Waals surface area contributed by atoms with E-state index in [4.69, 9.17) is 27.6 Å². The van der Waals surface area contributed by atoms with E-state index in [-0.39, 0.29) is 5.91 Å². The number of aryl methyl sites for hydroxylation is 1. The molecule has 0 aliphatic heterocycles. The molecule has 4 aromatic rings. The van der Waals surface area contributed by atoms with Crippen LogP contribution in [0.2, 0.25) is 10.0 Å². The van der Waals surface area contributed by atoms with Gasteiger partial charge in [0.25, 0.3) is 5.91 Å². The zero-order valence-corrected chi connectivity index (χ0v) is 15.7. The summed E-state index contributed by atoms with van der Waals surface area (Å²) < 4.78 is 5.72. The molecule has 4 rings (SSSR count). The highest BCUT2D eigenvalue weighted by Crippen LogP contribution is 2.32. The predicted molar refractivity (Wildman–Crippen MR) is 106 cm³/mol. The zero-order valence-electron chi connectivity index (χ0n) is 14.2. The van der Waals surface area contributed by atoms with Crippen molar-refractivity contribution in [3.63, 3.8) is 0 Å². The maximum atomic E-state index is 12.5. The molecule has 0 aliphatic rings. The Morgan fingerprint density at radius 2 is 1.93 bits per heavy atom. The Morgan fingerprint density at radius 3 is 2.70 bits per heavy atom. The first-order valence-electron chi connectivity index (χ1n) is 8.10. The van der Waals surface area contributed by atoms with Crippen LogP contribution in [0.15, 0.2) is 59.1 Å². The number of carbonyl (C=O) groups excluding carboxylic acids is 1. The van der Waals surface area contributed by atoms with Crippen LogP contribution in [0.5, 0.6) is 0 Å². The Kier molecular flexibility index (Phi) is 4.56. The first kappa shape index (κ1) is 17.5. The Bertz CT molecular complexity index is 1140. The number of carbonyl (C=O) groups is 1. The number of halogens is 2. The Labute approximate surface area is 165 Å². The van der Waals surface area contributed by atoms with Crippen LogP contribution in [0.3, 0.4) is 0 Å². The zero-order chi connectivity index (χ0) is 19.0. The topological polar surface area (TPSA) is 68.0 Å². The number of hydrogen-bond acceptors (Lipinski definition) is 4. The molecule has 0 saturated heterocycles. The summed E-state index contributed by atoms with van der Waals surface area (Å²) in [5.41, 5.74) is 3.53. The van der Waals surface area contributed by atoms with Gasteiger partial charge < -0.3 is 9.73 Å². The second-order valence-electron chi connectivity index (χ2n) is 5.98. The highest BCUT2D eigenvalue weighted by molar-refractivity contribution is 6.34. The Morgan fingerprint density at radius 1 is 1.07 bits per heavy atom. The second-order valence-corrected chi connectivity index (χ2v) is 6.79. The molecule has 1 amide bonds. The van der Waals surface area contributed by atoms with E-state index in [1.54, 1.807) is 48.7 Å². The number of benzene rings is 2. The number of fused-ring (bicyclic) bond motifs is 1. The lowest BCUT2D eigenvalue weighted by atomic mass is 10.1.